The molecule has 2 aliphatic heterocycles. The van der Waals surface area contributed by atoms with Gasteiger partial charge in [-0.3, -0.25) is 4.90 Å². The molecule has 2 fully saturated rings. The predicted molar refractivity (Wildman–Crippen MR) is 104 cm³/mol. The van der Waals surface area contributed by atoms with Crippen molar-refractivity contribution < 1.29 is 13.2 Å². The van der Waals surface area contributed by atoms with E-state index in [2.05, 4.69) is 35.5 Å². The van der Waals surface area contributed by atoms with E-state index in [4.69, 9.17) is 0 Å². The number of alkyl halides is 3. The topological polar surface area (TPSA) is 9.72 Å². The quantitative estimate of drug-likeness (QED) is 0.769. The van der Waals surface area contributed by atoms with Crippen molar-refractivity contribution in [1.82, 2.24) is 9.80 Å². The van der Waals surface area contributed by atoms with Crippen LogP contribution in [0.5, 0.6) is 0 Å². The van der Waals surface area contributed by atoms with Crippen LogP contribution >= 0.6 is 0 Å². The van der Waals surface area contributed by atoms with Gasteiger partial charge in [-0.2, -0.15) is 13.2 Å². The molecule has 1 aromatic carbocycles. The zero-order chi connectivity index (χ0) is 19.7. The number of piperidine rings is 1. The lowest BCUT2D eigenvalue weighted by atomic mass is 9.94. The summed E-state index contributed by atoms with van der Waals surface area (Å²) in [5.74, 6) is 0. The lowest BCUT2D eigenvalue weighted by molar-refractivity contribution is -0.137. The number of hydrogen-bond donors (Lipinski definition) is 0. The Hall–Kier alpha value is -1.27. The highest BCUT2D eigenvalue weighted by Crippen LogP contribution is 2.32. The van der Waals surface area contributed by atoms with Crippen LogP contribution in [0.4, 0.5) is 18.9 Å². The molecule has 27 heavy (non-hydrogen) atoms. The SMILES string of the molecule is CC(C)(C)CN1CCCC(N2CCN(c3cccc(C(F)(F)F)c3)CC2)C1. The van der Waals surface area contributed by atoms with Gasteiger partial charge in [-0.15, -0.1) is 0 Å². The molecule has 2 heterocycles. The molecule has 0 amide bonds. The maximum atomic E-state index is 13.0. The molecule has 0 aromatic heterocycles. The normalized spacial score (nSPS) is 23.6. The molecule has 1 unspecified atom stereocenters. The molecule has 0 N–H and O–H groups in total. The van der Waals surface area contributed by atoms with Crippen molar-refractivity contribution in [3.63, 3.8) is 0 Å². The van der Waals surface area contributed by atoms with E-state index in [1.165, 1.54) is 31.5 Å². The first-order valence-corrected chi connectivity index (χ1v) is 10.0. The Balaban J connectivity index is 1.56. The standard InChI is InChI=1S/C21H32F3N3/c1-20(2,3)16-25-9-5-8-19(15-25)27-12-10-26(11-13-27)18-7-4-6-17(14-18)21(22,23)24/h4,6-7,14,19H,5,8-13,15-16H2,1-3H3. The van der Waals surface area contributed by atoms with Crippen molar-refractivity contribution in [3.8, 4) is 0 Å². The highest BCUT2D eigenvalue weighted by atomic mass is 19.4. The van der Waals surface area contributed by atoms with Gasteiger partial charge in [-0.05, 0) is 43.0 Å². The molecular formula is C21H32F3N3. The fraction of sp³-hybridized carbons (Fsp3) is 0.714. The second-order valence-corrected chi connectivity index (χ2v) is 9.16. The van der Waals surface area contributed by atoms with Gasteiger partial charge < -0.3 is 9.80 Å². The van der Waals surface area contributed by atoms with E-state index in [1.807, 2.05) is 0 Å². The van der Waals surface area contributed by atoms with Crippen molar-refractivity contribution in [2.24, 2.45) is 5.41 Å². The van der Waals surface area contributed by atoms with Crippen LogP contribution in [0.1, 0.15) is 39.2 Å². The summed E-state index contributed by atoms with van der Waals surface area (Å²) in [7, 11) is 0. The minimum atomic E-state index is -4.28. The minimum Gasteiger partial charge on any atom is -0.369 e. The third-order valence-electron chi connectivity index (χ3n) is 5.55. The Morgan fingerprint density at radius 1 is 1.00 bits per heavy atom. The van der Waals surface area contributed by atoms with Crippen molar-refractivity contribution in [3.05, 3.63) is 29.8 Å². The van der Waals surface area contributed by atoms with Gasteiger partial charge in [0.05, 0.1) is 5.56 Å². The molecule has 6 heteroatoms. The van der Waals surface area contributed by atoms with Crippen LogP contribution in [0, 0.1) is 5.41 Å². The van der Waals surface area contributed by atoms with Gasteiger partial charge in [0, 0.05) is 51.0 Å². The molecule has 1 aromatic rings. The summed E-state index contributed by atoms with van der Waals surface area (Å²) in [6, 6.07) is 6.30. The highest BCUT2D eigenvalue weighted by molar-refractivity contribution is 5.49. The first kappa shape index (κ1) is 20.5. The monoisotopic (exact) mass is 383 g/mol. The summed E-state index contributed by atoms with van der Waals surface area (Å²) in [5, 5.41) is 0. The molecule has 0 saturated carbocycles. The highest BCUT2D eigenvalue weighted by Gasteiger charge is 2.32. The second-order valence-electron chi connectivity index (χ2n) is 9.16. The van der Waals surface area contributed by atoms with E-state index in [0.717, 1.165) is 45.3 Å². The van der Waals surface area contributed by atoms with Crippen LogP contribution in [0.2, 0.25) is 0 Å². The van der Waals surface area contributed by atoms with Crippen molar-refractivity contribution in [2.45, 2.75) is 45.8 Å². The smallest absolute Gasteiger partial charge is 0.369 e. The van der Waals surface area contributed by atoms with E-state index < -0.39 is 11.7 Å². The summed E-state index contributed by atoms with van der Waals surface area (Å²) in [6.07, 6.45) is -1.82. The molecule has 3 nitrogen and oxygen atoms in total. The van der Waals surface area contributed by atoms with Crippen LogP contribution in [0.15, 0.2) is 24.3 Å². The van der Waals surface area contributed by atoms with E-state index >= 15 is 0 Å². The van der Waals surface area contributed by atoms with E-state index in [1.54, 1.807) is 6.07 Å². The van der Waals surface area contributed by atoms with E-state index in [0.29, 0.717) is 17.1 Å². The Morgan fingerprint density at radius 2 is 1.70 bits per heavy atom. The average Bonchev–Trinajstić information content (AvgIpc) is 2.60. The Kier molecular flexibility index (Phi) is 6.06. The maximum absolute atomic E-state index is 13.0. The predicted octanol–water partition coefficient (Wildman–Crippen LogP) is 4.34. The van der Waals surface area contributed by atoms with Gasteiger partial charge in [0.1, 0.15) is 0 Å². The number of likely N-dealkylation sites (tertiary alicyclic amines) is 1. The van der Waals surface area contributed by atoms with Crippen LogP contribution in [-0.4, -0.2) is 61.7 Å². The maximum Gasteiger partial charge on any atom is 0.416 e. The molecule has 152 valence electrons. The zero-order valence-electron chi connectivity index (χ0n) is 16.7. The lowest BCUT2D eigenvalue weighted by Crippen LogP contribution is -2.55. The third-order valence-corrected chi connectivity index (χ3v) is 5.55. The first-order valence-electron chi connectivity index (χ1n) is 10.0. The van der Waals surface area contributed by atoms with Crippen molar-refractivity contribution >= 4 is 5.69 Å². The van der Waals surface area contributed by atoms with Gasteiger partial charge in [-0.25, -0.2) is 0 Å². The number of piperazine rings is 1. The Bertz CT molecular complexity index is 616. The van der Waals surface area contributed by atoms with E-state index in [-0.39, 0.29) is 0 Å². The molecule has 2 aliphatic rings. The molecule has 1 atom stereocenters. The number of hydrogen-bond acceptors (Lipinski definition) is 3. The molecule has 2 saturated heterocycles. The zero-order valence-corrected chi connectivity index (χ0v) is 16.7. The number of rotatable bonds is 3. The number of benzene rings is 1. The Morgan fingerprint density at radius 3 is 2.33 bits per heavy atom. The number of nitrogens with zero attached hydrogens (tertiary/aromatic N) is 3. The van der Waals surface area contributed by atoms with Crippen LogP contribution in [-0.2, 0) is 6.18 Å². The van der Waals surface area contributed by atoms with Crippen molar-refractivity contribution in [1.29, 1.82) is 0 Å². The second kappa shape index (κ2) is 8.00. The number of halogens is 3. The first-order chi connectivity index (χ1) is 12.6. The van der Waals surface area contributed by atoms with E-state index in [9.17, 15) is 13.2 Å². The largest absolute Gasteiger partial charge is 0.416 e. The van der Waals surface area contributed by atoms with Crippen molar-refractivity contribution in [2.75, 3.05) is 50.7 Å². The van der Waals surface area contributed by atoms with Gasteiger partial charge >= 0.3 is 6.18 Å². The summed E-state index contributed by atoms with van der Waals surface area (Å²) in [6.45, 7) is 13.7. The Labute approximate surface area is 161 Å². The fourth-order valence-corrected chi connectivity index (χ4v) is 4.37. The lowest BCUT2D eigenvalue weighted by Gasteiger charge is -2.45. The van der Waals surface area contributed by atoms with Gasteiger partial charge in [0.2, 0.25) is 0 Å². The third kappa shape index (κ3) is 5.61. The average molecular weight is 384 g/mol. The fourth-order valence-electron chi connectivity index (χ4n) is 4.37. The summed E-state index contributed by atoms with van der Waals surface area (Å²) >= 11 is 0. The van der Waals surface area contributed by atoms with Gasteiger partial charge in [0.25, 0.3) is 0 Å². The molecule has 0 radical (unpaired) electrons. The summed E-state index contributed by atoms with van der Waals surface area (Å²) in [5.41, 5.74) is 0.430. The molecular weight excluding hydrogens is 351 g/mol. The summed E-state index contributed by atoms with van der Waals surface area (Å²) < 4.78 is 38.9. The number of anilines is 1. The molecule has 0 bridgehead atoms. The van der Waals surface area contributed by atoms with Crippen LogP contribution in [0.3, 0.4) is 0 Å². The van der Waals surface area contributed by atoms with Gasteiger partial charge in [0.15, 0.2) is 0 Å². The van der Waals surface area contributed by atoms with Crippen LogP contribution < -0.4 is 4.90 Å². The molecule has 0 spiro atoms. The molecule has 0 aliphatic carbocycles. The van der Waals surface area contributed by atoms with Crippen LogP contribution in [0.25, 0.3) is 0 Å². The molecule has 3 rings (SSSR count). The minimum absolute atomic E-state index is 0.310. The summed E-state index contributed by atoms with van der Waals surface area (Å²) in [4.78, 5) is 7.20. The van der Waals surface area contributed by atoms with Gasteiger partial charge in [-0.1, -0.05) is 26.8 Å².